The van der Waals surface area contributed by atoms with Gasteiger partial charge in [0.15, 0.2) is 0 Å². The third-order valence-electron chi connectivity index (χ3n) is 12.6. The summed E-state index contributed by atoms with van der Waals surface area (Å²) in [6.45, 7) is 19.8. The van der Waals surface area contributed by atoms with E-state index in [0.717, 1.165) is 86.4 Å². The molecule has 0 saturated carbocycles. The summed E-state index contributed by atoms with van der Waals surface area (Å²) in [7, 11) is 13.1. The Morgan fingerprint density at radius 2 is 0.697 bits per heavy atom. The number of unbranched alkanes of at least 4 members (excludes halogenated alkanes) is 15. The third-order valence-corrected chi connectivity index (χ3v) is 20.0. The Bertz CT molecular complexity index is 1390. The van der Waals surface area contributed by atoms with Crippen LogP contribution in [-0.4, -0.2) is 159 Å². The summed E-state index contributed by atoms with van der Waals surface area (Å²) >= 11 is 0. The normalized spacial score (nSPS) is 11.7. The number of carbonyl (C=O) groups is 4. The molecule has 0 atom stereocenters. The van der Waals surface area contributed by atoms with Crippen molar-refractivity contribution in [1.29, 1.82) is 0 Å². The SMILES string of the molecule is CCCCCCCCSSCCOC(=O)CCN(CCCN(C)CCCN(CCC(=O)OCCSSCCCCCCCC)CCC(=O)OCCSSCCCCCCCC)CCC(=O)OC/C=C(\C)CCC=C(C)C. The van der Waals surface area contributed by atoms with E-state index in [1.54, 1.807) is 32.4 Å². The molecule has 0 spiro atoms. The van der Waals surface area contributed by atoms with Crippen molar-refractivity contribution in [3.8, 4) is 0 Å². The van der Waals surface area contributed by atoms with Crippen LogP contribution in [-0.2, 0) is 38.1 Å². The molecule has 0 rings (SSSR count). The maximum Gasteiger partial charge on any atom is 0.307 e. The molecule has 0 unspecified atom stereocenters. The standard InChI is InChI=1S/C59H111N3O8S6/c1-8-11-14-17-20-23-48-71-74-51-45-68-57(64)32-41-61(40-31-56(63)67-44-35-55(6)30-26-29-54(4)5)38-27-36-60(7)37-28-39-62(42-33-58(65)69-46-52-75-72-49-24-21-18-15-12-9-2)43-34-59(66)70-47-53-76-73-50-25-22-19-16-13-10-3/h29,35H,8-28,30-34,36-53H2,1-7H3/b55-35+. The maximum absolute atomic E-state index is 12.8. The summed E-state index contributed by atoms with van der Waals surface area (Å²) in [5.74, 6) is 4.93. The van der Waals surface area contributed by atoms with Crippen LogP contribution >= 0.6 is 64.8 Å². The topological polar surface area (TPSA) is 115 Å². The number of esters is 4. The third kappa shape index (κ3) is 56.6. The number of rotatable bonds is 58. The van der Waals surface area contributed by atoms with Crippen molar-refractivity contribution in [1.82, 2.24) is 14.7 Å². The van der Waals surface area contributed by atoms with Crippen LogP contribution in [0.25, 0.3) is 0 Å². The van der Waals surface area contributed by atoms with Crippen LogP contribution in [0.1, 0.15) is 208 Å². The van der Waals surface area contributed by atoms with E-state index in [2.05, 4.69) is 69.4 Å². The zero-order valence-corrected chi connectivity index (χ0v) is 54.2. The second-order valence-electron chi connectivity index (χ2n) is 20.1. The molecule has 76 heavy (non-hydrogen) atoms. The molecule has 0 fully saturated rings. The molecule has 0 aromatic carbocycles. The molecular weight excluding hydrogens is 1070 g/mol. The van der Waals surface area contributed by atoms with Gasteiger partial charge in [-0.3, -0.25) is 19.2 Å². The highest BCUT2D eigenvalue weighted by Gasteiger charge is 2.16. The molecule has 0 aliphatic carbocycles. The largest absolute Gasteiger partial charge is 0.465 e. The van der Waals surface area contributed by atoms with Gasteiger partial charge >= 0.3 is 23.9 Å². The van der Waals surface area contributed by atoms with Gasteiger partial charge in [-0.05, 0) is 105 Å². The van der Waals surface area contributed by atoms with E-state index >= 15 is 0 Å². The molecule has 0 aromatic heterocycles. The first-order valence-corrected chi connectivity index (χ1v) is 37.2. The molecule has 11 nitrogen and oxygen atoms in total. The number of hydrogen-bond donors (Lipinski definition) is 0. The lowest BCUT2D eigenvalue weighted by Gasteiger charge is -2.25. The fourth-order valence-electron chi connectivity index (χ4n) is 7.91. The van der Waals surface area contributed by atoms with E-state index in [4.69, 9.17) is 18.9 Å². The molecule has 0 heterocycles. The van der Waals surface area contributed by atoms with Gasteiger partial charge in [-0.25, -0.2) is 0 Å². The van der Waals surface area contributed by atoms with Gasteiger partial charge in [0.05, 0.1) is 25.7 Å². The van der Waals surface area contributed by atoms with E-state index < -0.39 is 0 Å². The Balaban J connectivity index is 5.12. The molecule has 17 heteroatoms. The number of carbonyl (C=O) groups excluding carboxylic acids is 4. The van der Waals surface area contributed by atoms with E-state index in [9.17, 15) is 19.2 Å². The van der Waals surface area contributed by atoms with Crippen LogP contribution in [0, 0.1) is 0 Å². The molecule has 0 aromatic rings. The number of allylic oxidation sites excluding steroid dienone is 3. The van der Waals surface area contributed by atoms with Crippen LogP contribution in [0.2, 0.25) is 0 Å². The summed E-state index contributed by atoms with van der Waals surface area (Å²) in [6.07, 6.45) is 32.3. The summed E-state index contributed by atoms with van der Waals surface area (Å²) in [5.41, 5.74) is 2.51. The van der Waals surface area contributed by atoms with E-state index in [1.807, 2.05) is 38.5 Å². The van der Waals surface area contributed by atoms with Gasteiger partial charge in [0.2, 0.25) is 0 Å². The average Bonchev–Trinajstić information content (AvgIpc) is 3.39. The zero-order valence-electron chi connectivity index (χ0n) is 49.3. The number of hydrogen-bond acceptors (Lipinski definition) is 17. The molecule has 0 saturated heterocycles. The summed E-state index contributed by atoms with van der Waals surface area (Å²) in [5, 5.41) is 0. The number of nitrogens with zero attached hydrogens (tertiary/aromatic N) is 3. The van der Waals surface area contributed by atoms with E-state index in [1.165, 1.54) is 127 Å². The first kappa shape index (κ1) is 75.3. The highest BCUT2D eigenvalue weighted by Crippen LogP contribution is 2.25. The van der Waals surface area contributed by atoms with Gasteiger partial charge in [-0.2, -0.15) is 0 Å². The molecule has 446 valence electrons. The minimum atomic E-state index is -0.237. The Hall–Kier alpha value is -0.660. The van der Waals surface area contributed by atoms with Crippen molar-refractivity contribution in [2.24, 2.45) is 0 Å². The fourth-order valence-corrected chi connectivity index (χ4v) is 13.8. The highest BCUT2D eigenvalue weighted by atomic mass is 33.1. The van der Waals surface area contributed by atoms with Crippen LogP contribution in [0.4, 0.5) is 0 Å². The maximum atomic E-state index is 12.8. The van der Waals surface area contributed by atoms with Gasteiger partial charge in [0.1, 0.15) is 26.4 Å². The minimum absolute atomic E-state index is 0.197. The van der Waals surface area contributed by atoms with Crippen LogP contribution < -0.4 is 0 Å². The first-order valence-electron chi connectivity index (χ1n) is 29.8. The van der Waals surface area contributed by atoms with Gasteiger partial charge < -0.3 is 33.6 Å². The predicted octanol–water partition coefficient (Wildman–Crippen LogP) is 16.0. The Morgan fingerprint density at radius 1 is 0.368 bits per heavy atom. The summed E-state index contributed by atoms with van der Waals surface area (Å²) < 4.78 is 22.4. The fraction of sp³-hybridized carbons (Fsp3) is 0.864. The summed E-state index contributed by atoms with van der Waals surface area (Å²) in [4.78, 5) is 58.0. The van der Waals surface area contributed by atoms with Crippen molar-refractivity contribution < 1.29 is 38.1 Å². The van der Waals surface area contributed by atoms with E-state index in [-0.39, 0.29) is 56.2 Å². The molecule has 0 amide bonds. The van der Waals surface area contributed by atoms with Gasteiger partial charge in [0.25, 0.3) is 0 Å². The van der Waals surface area contributed by atoms with Crippen LogP contribution in [0.5, 0.6) is 0 Å². The highest BCUT2D eigenvalue weighted by molar-refractivity contribution is 8.77. The molecule has 0 aliphatic rings. The first-order chi connectivity index (χ1) is 37.0. The molecule has 0 N–H and O–H groups in total. The predicted molar refractivity (Wildman–Crippen MR) is 339 cm³/mol. The molecule has 0 bridgehead atoms. The van der Waals surface area contributed by atoms with Gasteiger partial charge in [-0.1, -0.05) is 199 Å². The lowest BCUT2D eigenvalue weighted by atomic mass is 10.1. The van der Waals surface area contributed by atoms with Crippen molar-refractivity contribution in [2.75, 3.05) is 120 Å². The summed E-state index contributed by atoms with van der Waals surface area (Å²) in [6, 6.07) is 0. The van der Waals surface area contributed by atoms with Gasteiger partial charge in [-0.15, -0.1) is 0 Å². The minimum Gasteiger partial charge on any atom is -0.465 e. The van der Waals surface area contributed by atoms with Crippen LogP contribution in [0.3, 0.4) is 0 Å². The van der Waals surface area contributed by atoms with E-state index in [0.29, 0.717) is 46.0 Å². The van der Waals surface area contributed by atoms with Crippen LogP contribution in [0.15, 0.2) is 23.3 Å². The molecule has 0 aliphatic heterocycles. The quantitative estimate of drug-likeness (QED) is 0.0189. The Morgan fingerprint density at radius 3 is 1.05 bits per heavy atom. The van der Waals surface area contributed by atoms with Crippen molar-refractivity contribution in [2.45, 2.75) is 208 Å². The average molecular weight is 1180 g/mol. The number of ether oxygens (including phenoxy) is 4. The monoisotopic (exact) mass is 1180 g/mol. The smallest absolute Gasteiger partial charge is 0.307 e. The second-order valence-corrected chi connectivity index (χ2v) is 28.3. The zero-order chi connectivity index (χ0) is 55.8. The van der Waals surface area contributed by atoms with Crippen molar-refractivity contribution >= 4 is 88.6 Å². The second kappa shape index (κ2) is 59.0. The van der Waals surface area contributed by atoms with Gasteiger partial charge in [0, 0.05) is 60.7 Å². The lowest BCUT2D eigenvalue weighted by Crippen LogP contribution is -2.34. The van der Waals surface area contributed by atoms with Crippen molar-refractivity contribution in [3.05, 3.63) is 23.3 Å². The van der Waals surface area contributed by atoms with Crippen molar-refractivity contribution in [3.63, 3.8) is 0 Å². The molecular formula is C59H111N3O8S6. The molecule has 0 radical (unpaired) electrons. The Kier molecular flexibility index (Phi) is 58.5. The lowest BCUT2D eigenvalue weighted by molar-refractivity contribution is -0.145. The Labute approximate surface area is 490 Å².